The first-order chi connectivity index (χ1) is 7.27. The quantitative estimate of drug-likeness (QED) is 0.830. The maximum atomic E-state index is 11.9. The zero-order chi connectivity index (χ0) is 12.4. The van der Waals surface area contributed by atoms with E-state index in [9.17, 15) is 8.42 Å². The molecular weight excluding hydrogens is 226 g/mol. The predicted molar refractivity (Wildman–Crippen MR) is 62.7 cm³/mol. The number of aliphatic hydroxyl groups is 1. The normalized spacial score (nSPS) is 12.8. The molecular formula is C11H17NO3S. The van der Waals surface area contributed by atoms with Crippen molar-refractivity contribution in [3.05, 3.63) is 29.8 Å². The second kappa shape index (κ2) is 4.53. The topological polar surface area (TPSA) is 66.4 Å². The van der Waals surface area contributed by atoms with Gasteiger partial charge in [-0.3, -0.25) is 0 Å². The molecule has 16 heavy (non-hydrogen) atoms. The molecule has 2 N–H and O–H groups in total. The van der Waals surface area contributed by atoms with Gasteiger partial charge in [0.1, 0.15) is 0 Å². The second-order valence-electron chi connectivity index (χ2n) is 4.46. The van der Waals surface area contributed by atoms with Crippen molar-refractivity contribution < 1.29 is 13.5 Å². The summed E-state index contributed by atoms with van der Waals surface area (Å²) >= 11 is 0. The van der Waals surface area contributed by atoms with Crippen LogP contribution in [0.2, 0.25) is 0 Å². The van der Waals surface area contributed by atoms with Crippen LogP contribution in [0.15, 0.2) is 29.2 Å². The smallest absolute Gasteiger partial charge is 0.241 e. The predicted octanol–water partition coefficient (Wildman–Crippen LogP) is 1.04. The van der Waals surface area contributed by atoms with Crippen molar-refractivity contribution >= 4 is 10.0 Å². The van der Waals surface area contributed by atoms with E-state index >= 15 is 0 Å². The summed E-state index contributed by atoms with van der Waals surface area (Å²) in [4.78, 5) is 0.208. The third kappa shape index (κ3) is 3.30. The van der Waals surface area contributed by atoms with Crippen LogP contribution in [-0.2, 0) is 10.0 Å². The molecule has 1 aromatic rings. The SMILES string of the molecule is Cc1ccc(S(=O)(=O)NC(C)(C)CO)cc1. The molecule has 0 amide bonds. The Morgan fingerprint density at radius 1 is 1.25 bits per heavy atom. The average molecular weight is 243 g/mol. The van der Waals surface area contributed by atoms with Gasteiger partial charge in [-0.25, -0.2) is 13.1 Å². The Labute approximate surface area is 96.4 Å². The zero-order valence-corrected chi connectivity index (χ0v) is 10.5. The van der Waals surface area contributed by atoms with Crippen LogP contribution in [0, 0.1) is 6.92 Å². The largest absolute Gasteiger partial charge is 0.394 e. The molecule has 0 fully saturated rings. The van der Waals surface area contributed by atoms with Gasteiger partial charge < -0.3 is 5.11 Å². The summed E-state index contributed by atoms with van der Waals surface area (Å²) in [5.41, 5.74) is 0.143. The summed E-state index contributed by atoms with van der Waals surface area (Å²) in [6, 6.07) is 6.57. The Morgan fingerprint density at radius 3 is 2.19 bits per heavy atom. The second-order valence-corrected chi connectivity index (χ2v) is 6.14. The Morgan fingerprint density at radius 2 is 1.75 bits per heavy atom. The van der Waals surface area contributed by atoms with E-state index in [0.717, 1.165) is 5.56 Å². The molecule has 0 saturated heterocycles. The van der Waals surface area contributed by atoms with Crippen LogP contribution in [0.4, 0.5) is 0 Å². The lowest BCUT2D eigenvalue weighted by molar-refractivity contribution is 0.208. The molecule has 0 aromatic heterocycles. The Hall–Kier alpha value is -0.910. The Balaban J connectivity index is 2.99. The molecule has 0 atom stereocenters. The van der Waals surface area contributed by atoms with Gasteiger partial charge in [-0.15, -0.1) is 0 Å². The maximum Gasteiger partial charge on any atom is 0.241 e. The fourth-order valence-corrected chi connectivity index (χ4v) is 2.58. The van der Waals surface area contributed by atoms with Crippen molar-refractivity contribution in [3.8, 4) is 0 Å². The zero-order valence-electron chi connectivity index (χ0n) is 9.69. The third-order valence-corrected chi connectivity index (χ3v) is 3.85. The number of aliphatic hydroxyl groups excluding tert-OH is 1. The highest BCUT2D eigenvalue weighted by Gasteiger charge is 2.25. The standard InChI is InChI=1S/C11H17NO3S/c1-9-4-6-10(7-5-9)16(14,15)12-11(2,3)8-13/h4-7,12-13H,8H2,1-3H3. The number of aryl methyl sites for hydroxylation is 1. The van der Waals surface area contributed by atoms with E-state index < -0.39 is 15.6 Å². The highest BCUT2D eigenvalue weighted by atomic mass is 32.2. The van der Waals surface area contributed by atoms with Gasteiger partial charge in [-0.2, -0.15) is 0 Å². The molecule has 0 unspecified atom stereocenters. The third-order valence-electron chi connectivity index (χ3n) is 2.14. The lowest BCUT2D eigenvalue weighted by atomic mass is 10.1. The van der Waals surface area contributed by atoms with Gasteiger partial charge in [0.2, 0.25) is 10.0 Å². The molecule has 0 aliphatic heterocycles. The van der Waals surface area contributed by atoms with Gasteiger partial charge in [0.15, 0.2) is 0 Å². The highest BCUT2D eigenvalue weighted by Crippen LogP contribution is 2.13. The maximum absolute atomic E-state index is 11.9. The summed E-state index contributed by atoms with van der Waals surface area (Å²) in [6.45, 7) is 4.89. The molecule has 0 radical (unpaired) electrons. The van der Waals surface area contributed by atoms with Crippen molar-refractivity contribution in [2.24, 2.45) is 0 Å². The van der Waals surface area contributed by atoms with E-state index in [1.807, 2.05) is 6.92 Å². The summed E-state index contributed by atoms with van der Waals surface area (Å²) < 4.78 is 26.2. The number of hydrogen-bond acceptors (Lipinski definition) is 3. The van der Waals surface area contributed by atoms with E-state index in [0.29, 0.717) is 0 Å². The summed E-state index contributed by atoms with van der Waals surface area (Å²) in [5.74, 6) is 0. The summed E-state index contributed by atoms with van der Waals surface area (Å²) in [5, 5.41) is 9.02. The fraction of sp³-hybridized carbons (Fsp3) is 0.455. The van der Waals surface area contributed by atoms with Crippen LogP contribution < -0.4 is 4.72 Å². The van der Waals surface area contributed by atoms with Gasteiger partial charge in [0.05, 0.1) is 17.0 Å². The van der Waals surface area contributed by atoms with Crippen molar-refractivity contribution in [1.82, 2.24) is 4.72 Å². The fourth-order valence-electron chi connectivity index (χ4n) is 1.17. The van der Waals surface area contributed by atoms with Crippen LogP contribution >= 0.6 is 0 Å². The minimum Gasteiger partial charge on any atom is -0.394 e. The lowest BCUT2D eigenvalue weighted by Gasteiger charge is -2.23. The van der Waals surface area contributed by atoms with E-state index in [1.165, 1.54) is 0 Å². The molecule has 1 aromatic carbocycles. The van der Waals surface area contributed by atoms with Gasteiger partial charge in [-0.1, -0.05) is 17.7 Å². The minimum absolute atomic E-state index is 0.208. The first kappa shape index (κ1) is 13.2. The van der Waals surface area contributed by atoms with Crippen molar-refractivity contribution in [2.45, 2.75) is 31.2 Å². The Bertz CT molecular complexity index is 449. The van der Waals surface area contributed by atoms with Gasteiger partial charge >= 0.3 is 0 Å². The monoisotopic (exact) mass is 243 g/mol. The highest BCUT2D eigenvalue weighted by molar-refractivity contribution is 7.89. The number of benzene rings is 1. The summed E-state index contributed by atoms with van der Waals surface area (Å²) in [7, 11) is -3.56. The van der Waals surface area contributed by atoms with Crippen LogP contribution in [-0.4, -0.2) is 25.7 Å². The first-order valence-corrected chi connectivity index (χ1v) is 6.47. The van der Waals surface area contributed by atoms with Crippen LogP contribution in [0.5, 0.6) is 0 Å². The molecule has 0 aliphatic rings. The number of nitrogens with one attached hydrogen (secondary N) is 1. The van der Waals surface area contributed by atoms with E-state index in [4.69, 9.17) is 5.11 Å². The lowest BCUT2D eigenvalue weighted by Crippen LogP contribution is -2.46. The average Bonchev–Trinajstić information content (AvgIpc) is 2.17. The number of rotatable bonds is 4. The van der Waals surface area contributed by atoms with Crippen LogP contribution in [0.1, 0.15) is 19.4 Å². The molecule has 0 saturated carbocycles. The van der Waals surface area contributed by atoms with Crippen LogP contribution in [0.3, 0.4) is 0 Å². The van der Waals surface area contributed by atoms with Crippen molar-refractivity contribution in [2.75, 3.05) is 6.61 Å². The van der Waals surface area contributed by atoms with Gasteiger partial charge in [-0.05, 0) is 32.9 Å². The summed E-state index contributed by atoms with van der Waals surface area (Å²) in [6.07, 6.45) is 0. The molecule has 4 nitrogen and oxygen atoms in total. The van der Waals surface area contributed by atoms with Crippen molar-refractivity contribution in [3.63, 3.8) is 0 Å². The molecule has 0 aliphatic carbocycles. The van der Waals surface area contributed by atoms with E-state index in [2.05, 4.69) is 4.72 Å². The van der Waals surface area contributed by atoms with Gasteiger partial charge in [0, 0.05) is 0 Å². The number of sulfonamides is 1. The van der Waals surface area contributed by atoms with Crippen LogP contribution in [0.25, 0.3) is 0 Å². The van der Waals surface area contributed by atoms with Gasteiger partial charge in [0.25, 0.3) is 0 Å². The first-order valence-electron chi connectivity index (χ1n) is 4.98. The molecule has 0 bridgehead atoms. The molecule has 0 heterocycles. The Kier molecular flexibility index (Phi) is 3.72. The molecule has 5 heteroatoms. The van der Waals surface area contributed by atoms with E-state index in [1.54, 1.807) is 38.1 Å². The number of hydrogen-bond donors (Lipinski definition) is 2. The molecule has 1 rings (SSSR count). The minimum atomic E-state index is -3.56. The molecule has 0 spiro atoms. The van der Waals surface area contributed by atoms with E-state index in [-0.39, 0.29) is 11.5 Å². The molecule has 90 valence electrons. The van der Waals surface area contributed by atoms with Crippen molar-refractivity contribution in [1.29, 1.82) is 0 Å².